The molecule has 2 rings (SSSR count). The largest absolute Gasteiger partial charge is 0.312 e. The maximum atomic E-state index is 3.67. The van der Waals surface area contributed by atoms with Gasteiger partial charge in [0.05, 0.1) is 0 Å². The number of aryl methyl sites for hydroxylation is 1. The van der Waals surface area contributed by atoms with E-state index in [9.17, 15) is 0 Å². The minimum Gasteiger partial charge on any atom is -0.312 e. The third kappa shape index (κ3) is 3.08. The predicted octanol–water partition coefficient (Wildman–Crippen LogP) is 2.74. The number of hydrogen-bond acceptors (Lipinski definition) is 2. The number of likely N-dealkylation sites (N-methyl/N-ethyl adjacent to an activating group) is 1. The van der Waals surface area contributed by atoms with Crippen molar-refractivity contribution in [1.82, 2.24) is 10.2 Å². The molecule has 2 atom stereocenters. The highest BCUT2D eigenvalue weighted by Crippen LogP contribution is 2.27. The summed E-state index contributed by atoms with van der Waals surface area (Å²) >= 11 is 0. The van der Waals surface area contributed by atoms with Gasteiger partial charge in [-0.25, -0.2) is 0 Å². The molecule has 1 heterocycles. The standard InChI is InChI=1S/C15H24N2/c1-12-7-9-13(10-8-12)15(17(2)3)14-6-4-5-11-16-14/h7-10,14-16H,4-6,11H2,1-3H3. The van der Waals surface area contributed by atoms with Crippen LogP contribution >= 0.6 is 0 Å². The molecular weight excluding hydrogens is 208 g/mol. The lowest BCUT2D eigenvalue weighted by atomic mass is 9.91. The number of nitrogens with one attached hydrogen (secondary N) is 1. The summed E-state index contributed by atoms with van der Waals surface area (Å²) in [5.41, 5.74) is 2.77. The lowest BCUT2D eigenvalue weighted by Crippen LogP contribution is -2.44. The van der Waals surface area contributed by atoms with E-state index < -0.39 is 0 Å². The van der Waals surface area contributed by atoms with Crippen molar-refractivity contribution >= 4 is 0 Å². The highest BCUT2D eigenvalue weighted by Gasteiger charge is 2.26. The lowest BCUT2D eigenvalue weighted by Gasteiger charge is -2.36. The Labute approximate surface area is 105 Å². The summed E-state index contributed by atoms with van der Waals surface area (Å²) in [6.45, 7) is 3.31. The van der Waals surface area contributed by atoms with Crippen LogP contribution in [0.3, 0.4) is 0 Å². The number of nitrogens with zero attached hydrogens (tertiary/aromatic N) is 1. The zero-order chi connectivity index (χ0) is 12.3. The van der Waals surface area contributed by atoms with Crippen LogP contribution in [0.4, 0.5) is 0 Å². The molecule has 0 aromatic heterocycles. The predicted molar refractivity (Wildman–Crippen MR) is 73.2 cm³/mol. The van der Waals surface area contributed by atoms with Crippen LogP contribution in [-0.2, 0) is 0 Å². The van der Waals surface area contributed by atoms with Crippen molar-refractivity contribution in [1.29, 1.82) is 0 Å². The van der Waals surface area contributed by atoms with Gasteiger partial charge < -0.3 is 10.2 Å². The van der Waals surface area contributed by atoms with Crippen LogP contribution in [0.2, 0.25) is 0 Å². The van der Waals surface area contributed by atoms with Gasteiger partial charge >= 0.3 is 0 Å². The van der Waals surface area contributed by atoms with E-state index in [2.05, 4.69) is 55.5 Å². The van der Waals surface area contributed by atoms with Crippen molar-refractivity contribution in [2.45, 2.75) is 38.3 Å². The third-order valence-electron chi connectivity index (χ3n) is 3.70. The SMILES string of the molecule is Cc1ccc(C(C2CCCCN2)N(C)C)cc1. The first-order valence-electron chi connectivity index (χ1n) is 6.65. The average Bonchev–Trinajstić information content (AvgIpc) is 2.33. The molecule has 1 aromatic carbocycles. The summed E-state index contributed by atoms with van der Waals surface area (Å²) < 4.78 is 0. The molecule has 94 valence electrons. The van der Waals surface area contributed by atoms with Gasteiger partial charge in [-0.3, -0.25) is 0 Å². The van der Waals surface area contributed by atoms with Gasteiger partial charge in [0.2, 0.25) is 0 Å². The molecule has 1 aromatic rings. The molecule has 0 radical (unpaired) electrons. The highest BCUT2D eigenvalue weighted by atomic mass is 15.1. The summed E-state index contributed by atoms with van der Waals surface area (Å²) in [6, 6.07) is 10.1. The minimum atomic E-state index is 0.496. The van der Waals surface area contributed by atoms with Crippen LogP contribution in [0.1, 0.15) is 36.4 Å². The molecule has 2 heteroatoms. The van der Waals surface area contributed by atoms with Gasteiger partial charge in [0.15, 0.2) is 0 Å². The smallest absolute Gasteiger partial charge is 0.0495 e. The first-order chi connectivity index (χ1) is 8.18. The molecular formula is C15H24N2. The van der Waals surface area contributed by atoms with Crippen molar-refractivity contribution in [2.24, 2.45) is 0 Å². The first kappa shape index (κ1) is 12.6. The van der Waals surface area contributed by atoms with Crippen LogP contribution in [0.25, 0.3) is 0 Å². The van der Waals surface area contributed by atoms with E-state index >= 15 is 0 Å². The summed E-state index contributed by atoms with van der Waals surface area (Å²) in [5, 5.41) is 3.67. The fourth-order valence-corrected chi connectivity index (χ4v) is 2.80. The summed E-state index contributed by atoms with van der Waals surface area (Å²) in [7, 11) is 4.36. The van der Waals surface area contributed by atoms with Gasteiger partial charge in [-0.1, -0.05) is 36.2 Å². The topological polar surface area (TPSA) is 15.3 Å². The van der Waals surface area contributed by atoms with Crippen molar-refractivity contribution in [3.8, 4) is 0 Å². The molecule has 0 aliphatic carbocycles. The lowest BCUT2D eigenvalue weighted by molar-refractivity contribution is 0.205. The Kier molecular flexibility index (Phi) is 4.19. The Balaban J connectivity index is 2.18. The van der Waals surface area contributed by atoms with Gasteiger partial charge in [0, 0.05) is 12.1 Å². The van der Waals surface area contributed by atoms with Crippen LogP contribution in [-0.4, -0.2) is 31.6 Å². The van der Waals surface area contributed by atoms with Gasteiger partial charge in [0.25, 0.3) is 0 Å². The number of benzene rings is 1. The summed E-state index contributed by atoms with van der Waals surface area (Å²) in [6.07, 6.45) is 3.97. The monoisotopic (exact) mass is 232 g/mol. The van der Waals surface area contributed by atoms with Crippen LogP contribution in [0.15, 0.2) is 24.3 Å². The third-order valence-corrected chi connectivity index (χ3v) is 3.70. The molecule has 2 nitrogen and oxygen atoms in total. The molecule has 1 aliphatic rings. The fraction of sp³-hybridized carbons (Fsp3) is 0.600. The Morgan fingerprint density at radius 1 is 1.18 bits per heavy atom. The quantitative estimate of drug-likeness (QED) is 0.862. The first-order valence-corrected chi connectivity index (χ1v) is 6.65. The number of rotatable bonds is 3. The normalized spacial score (nSPS) is 22.7. The summed E-state index contributed by atoms with van der Waals surface area (Å²) in [5.74, 6) is 0. The van der Waals surface area contributed by atoms with Crippen LogP contribution in [0, 0.1) is 6.92 Å². The second-order valence-electron chi connectivity index (χ2n) is 5.38. The van der Waals surface area contributed by atoms with E-state index in [-0.39, 0.29) is 0 Å². The van der Waals surface area contributed by atoms with E-state index in [1.165, 1.54) is 36.9 Å². The molecule has 0 spiro atoms. The highest BCUT2D eigenvalue weighted by molar-refractivity contribution is 5.25. The van der Waals surface area contributed by atoms with E-state index in [0.717, 1.165) is 0 Å². The van der Waals surface area contributed by atoms with Gasteiger partial charge in [-0.2, -0.15) is 0 Å². The molecule has 0 bridgehead atoms. The van der Waals surface area contributed by atoms with E-state index in [0.29, 0.717) is 12.1 Å². The Morgan fingerprint density at radius 3 is 2.41 bits per heavy atom. The van der Waals surface area contributed by atoms with E-state index in [1.807, 2.05) is 0 Å². The van der Waals surface area contributed by atoms with Crippen molar-refractivity contribution in [3.05, 3.63) is 35.4 Å². The van der Waals surface area contributed by atoms with Crippen molar-refractivity contribution < 1.29 is 0 Å². The molecule has 0 amide bonds. The zero-order valence-electron chi connectivity index (χ0n) is 11.2. The van der Waals surface area contributed by atoms with Gasteiger partial charge in [-0.05, 0) is 46.0 Å². The fourth-order valence-electron chi connectivity index (χ4n) is 2.80. The molecule has 17 heavy (non-hydrogen) atoms. The summed E-state index contributed by atoms with van der Waals surface area (Å²) in [4.78, 5) is 2.34. The Bertz CT molecular complexity index is 336. The Hall–Kier alpha value is -0.860. The Morgan fingerprint density at radius 2 is 1.88 bits per heavy atom. The van der Waals surface area contributed by atoms with Crippen molar-refractivity contribution in [3.63, 3.8) is 0 Å². The number of hydrogen-bond donors (Lipinski definition) is 1. The maximum Gasteiger partial charge on any atom is 0.0495 e. The van der Waals surface area contributed by atoms with Gasteiger partial charge in [-0.15, -0.1) is 0 Å². The zero-order valence-corrected chi connectivity index (χ0v) is 11.2. The minimum absolute atomic E-state index is 0.496. The molecule has 1 aliphatic heterocycles. The molecule has 1 N–H and O–H groups in total. The second-order valence-corrected chi connectivity index (χ2v) is 5.38. The molecule has 1 saturated heterocycles. The molecule has 1 fully saturated rings. The van der Waals surface area contributed by atoms with Crippen molar-refractivity contribution in [2.75, 3.05) is 20.6 Å². The van der Waals surface area contributed by atoms with E-state index in [1.54, 1.807) is 0 Å². The number of piperidine rings is 1. The molecule has 2 unspecified atom stereocenters. The van der Waals surface area contributed by atoms with Gasteiger partial charge in [0.1, 0.15) is 0 Å². The maximum absolute atomic E-state index is 3.67. The second kappa shape index (κ2) is 5.65. The average molecular weight is 232 g/mol. The van der Waals surface area contributed by atoms with E-state index in [4.69, 9.17) is 0 Å². The van der Waals surface area contributed by atoms with Crippen LogP contribution in [0.5, 0.6) is 0 Å². The van der Waals surface area contributed by atoms with Crippen LogP contribution < -0.4 is 5.32 Å². The molecule has 0 saturated carbocycles.